The Kier molecular flexibility index (Phi) is 3.14. The summed E-state index contributed by atoms with van der Waals surface area (Å²) >= 11 is 1.18. The summed E-state index contributed by atoms with van der Waals surface area (Å²) in [5, 5.41) is 7.79. The van der Waals surface area contributed by atoms with Gasteiger partial charge in [0.25, 0.3) is 10.0 Å². The van der Waals surface area contributed by atoms with E-state index in [1.54, 1.807) is 18.2 Å². The quantitative estimate of drug-likeness (QED) is 0.862. The second kappa shape index (κ2) is 4.71. The molecule has 0 saturated carbocycles. The summed E-state index contributed by atoms with van der Waals surface area (Å²) in [7, 11) is -2.14. The zero-order valence-corrected chi connectivity index (χ0v) is 12.6. The Labute approximate surface area is 121 Å². The van der Waals surface area contributed by atoms with E-state index in [2.05, 4.69) is 10.2 Å². The third kappa shape index (κ3) is 2.14. The molecule has 106 valence electrons. The van der Waals surface area contributed by atoms with Crippen molar-refractivity contribution < 1.29 is 13.2 Å². The Morgan fingerprint density at radius 3 is 2.95 bits per heavy atom. The Morgan fingerprint density at radius 1 is 1.45 bits per heavy atom. The van der Waals surface area contributed by atoms with E-state index in [1.165, 1.54) is 23.9 Å². The molecular formula is C12H13N3O3S2. The van der Waals surface area contributed by atoms with Crippen molar-refractivity contribution in [3.63, 3.8) is 0 Å². The topological polar surface area (TPSA) is 72.4 Å². The van der Waals surface area contributed by atoms with Crippen LogP contribution in [0.1, 0.15) is 12.5 Å². The van der Waals surface area contributed by atoms with Gasteiger partial charge in [0, 0.05) is 13.5 Å². The number of nitrogens with zero attached hydrogens (tertiary/aromatic N) is 3. The second-order valence-electron chi connectivity index (χ2n) is 4.60. The van der Waals surface area contributed by atoms with Crippen LogP contribution in [-0.2, 0) is 16.4 Å². The molecule has 1 aliphatic heterocycles. The van der Waals surface area contributed by atoms with Crippen LogP contribution in [0.15, 0.2) is 28.6 Å². The van der Waals surface area contributed by atoms with E-state index in [0.717, 1.165) is 22.0 Å². The molecule has 1 aliphatic rings. The van der Waals surface area contributed by atoms with E-state index in [4.69, 9.17) is 4.74 Å². The molecule has 0 fully saturated rings. The highest BCUT2D eigenvalue weighted by atomic mass is 32.2. The Morgan fingerprint density at radius 2 is 2.25 bits per heavy atom. The maximum Gasteiger partial charge on any atom is 0.265 e. The van der Waals surface area contributed by atoms with Gasteiger partial charge in [0.1, 0.15) is 17.4 Å². The second-order valence-corrected chi connectivity index (χ2v) is 7.38. The molecule has 1 aromatic heterocycles. The highest BCUT2D eigenvalue weighted by Gasteiger charge is 2.26. The number of fused-ring (bicyclic) bond motifs is 1. The van der Waals surface area contributed by atoms with Crippen molar-refractivity contribution in [1.29, 1.82) is 0 Å². The number of sulfonamides is 1. The molecule has 3 rings (SSSR count). The molecule has 0 spiro atoms. The number of anilines is 1. The Hall–Kier alpha value is -1.67. The third-order valence-corrected chi connectivity index (χ3v) is 5.77. The van der Waals surface area contributed by atoms with Crippen molar-refractivity contribution in [2.75, 3.05) is 11.4 Å². The van der Waals surface area contributed by atoms with Crippen LogP contribution < -0.4 is 9.04 Å². The molecule has 0 saturated heterocycles. The molecule has 0 amide bonds. The van der Waals surface area contributed by atoms with Crippen molar-refractivity contribution in [2.45, 2.75) is 24.3 Å². The van der Waals surface area contributed by atoms with Crippen molar-refractivity contribution in [3.8, 4) is 5.75 Å². The normalized spacial score (nSPS) is 17.6. The summed E-state index contributed by atoms with van der Waals surface area (Å²) in [5.74, 6) is 0.759. The van der Waals surface area contributed by atoms with Gasteiger partial charge in [0.05, 0.1) is 4.90 Å². The number of ether oxygens (including phenoxy) is 1. The summed E-state index contributed by atoms with van der Waals surface area (Å²) in [6.07, 6.45) is 0.810. The first-order valence-electron chi connectivity index (χ1n) is 6.03. The van der Waals surface area contributed by atoms with Crippen LogP contribution in [0, 0.1) is 0 Å². The maximum atomic E-state index is 12.5. The van der Waals surface area contributed by atoms with E-state index >= 15 is 0 Å². The molecule has 2 heterocycles. The fourth-order valence-corrected chi connectivity index (χ4v) is 4.07. The van der Waals surface area contributed by atoms with Crippen LogP contribution in [0.3, 0.4) is 0 Å². The van der Waals surface area contributed by atoms with E-state index < -0.39 is 10.0 Å². The molecule has 1 atom stereocenters. The lowest BCUT2D eigenvalue weighted by Gasteiger charge is -2.16. The highest BCUT2D eigenvalue weighted by molar-refractivity contribution is 7.93. The minimum Gasteiger partial charge on any atom is -0.490 e. The van der Waals surface area contributed by atoms with Crippen LogP contribution in [0.2, 0.25) is 0 Å². The van der Waals surface area contributed by atoms with Gasteiger partial charge in [-0.15, -0.1) is 10.2 Å². The number of rotatable bonds is 3. The average molecular weight is 311 g/mol. The van der Waals surface area contributed by atoms with Gasteiger partial charge in [-0.3, -0.25) is 0 Å². The lowest BCUT2D eigenvalue weighted by molar-refractivity contribution is 0.254. The molecular weight excluding hydrogens is 298 g/mol. The smallest absolute Gasteiger partial charge is 0.265 e. The van der Waals surface area contributed by atoms with Crippen LogP contribution >= 0.6 is 11.3 Å². The zero-order valence-electron chi connectivity index (χ0n) is 11.0. The van der Waals surface area contributed by atoms with Gasteiger partial charge in [-0.05, 0) is 30.7 Å². The fourth-order valence-electron chi connectivity index (χ4n) is 2.12. The molecule has 0 aliphatic carbocycles. The molecule has 8 heteroatoms. The van der Waals surface area contributed by atoms with Crippen LogP contribution in [0.4, 0.5) is 5.13 Å². The molecule has 6 nitrogen and oxygen atoms in total. The molecule has 1 unspecified atom stereocenters. The summed E-state index contributed by atoms with van der Waals surface area (Å²) in [6, 6.07) is 4.94. The summed E-state index contributed by atoms with van der Waals surface area (Å²) in [5.41, 5.74) is 2.42. The lowest BCUT2D eigenvalue weighted by atomic mass is 10.1. The fraction of sp³-hybridized carbons (Fsp3) is 0.333. The average Bonchev–Trinajstić information content (AvgIpc) is 3.04. The van der Waals surface area contributed by atoms with Crippen LogP contribution in [-0.4, -0.2) is 31.8 Å². The number of benzene rings is 1. The summed E-state index contributed by atoms with van der Waals surface area (Å²) in [6.45, 7) is 1.96. The van der Waals surface area contributed by atoms with Gasteiger partial charge in [0.2, 0.25) is 5.13 Å². The molecule has 0 radical (unpaired) electrons. The van der Waals surface area contributed by atoms with E-state index in [9.17, 15) is 8.42 Å². The van der Waals surface area contributed by atoms with Gasteiger partial charge in [-0.2, -0.15) is 0 Å². The molecule has 1 aromatic carbocycles. The lowest BCUT2D eigenvalue weighted by Crippen LogP contribution is -2.26. The minimum atomic E-state index is -3.62. The Bertz CT molecular complexity index is 728. The number of hydrogen-bond acceptors (Lipinski definition) is 6. The highest BCUT2D eigenvalue weighted by Crippen LogP contribution is 2.32. The van der Waals surface area contributed by atoms with Crippen LogP contribution in [0.25, 0.3) is 0 Å². The van der Waals surface area contributed by atoms with Gasteiger partial charge in [0.15, 0.2) is 0 Å². The van der Waals surface area contributed by atoms with Gasteiger partial charge in [-0.25, -0.2) is 12.7 Å². The maximum absolute atomic E-state index is 12.5. The molecule has 0 N–H and O–H groups in total. The SMILES string of the molecule is CC1Cc2cc(S(=O)(=O)N(C)c3nncs3)ccc2O1. The number of aromatic nitrogens is 2. The van der Waals surface area contributed by atoms with Crippen molar-refractivity contribution >= 4 is 26.5 Å². The third-order valence-electron chi connectivity index (χ3n) is 3.14. The molecule has 0 bridgehead atoms. The van der Waals surface area contributed by atoms with E-state index in [0.29, 0.717) is 5.13 Å². The van der Waals surface area contributed by atoms with Gasteiger partial charge < -0.3 is 4.74 Å². The Balaban J connectivity index is 1.99. The predicted octanol–water partition coefficient (Wildman–Crippen LogP) is 1.69. The monoisotopic (exact) mass is 311 g/mol. The zero-order chi connectivity index (χ0) is 14.3. The van der Waals surface area contributed by atoms with Crippen molar-refractivity contribution in [1.82, 2.24) is 10.2 Å². The van der Waals surface area contributed by atoms with Gasteiger partial charge >= 0.3 is 0 Å². The predicted molar refractivity (Wildman–Crippen MR) is 75.7 cm³/mol. The summed E-state index contributed by atoms with van der Waals surface area (Å²) < 4.78 is 31.8. The number of hydrogen-bond donors (Lipinski definition) is 0. The van der Waals surface area contributed by atoms with Crippen molar-refractivity contribution in [2.24, 2.45) is 0 Å². The van der Waals surface area contributed by atoms with E-state index in [1.807, 2.05) is 6.92 Å². The first kappa shape index (κ1) is 13.3. The first-order valence-corrected chi connectivity index (χ1v) is 8.35. The van der Waals surface area contributed by atoms with E-state index in [-0.39, 0.29) is 11.0 Å². The molecule has 2 aromatic rings. The minimum absolute atomic E-state index is 0.0869. The standard InChI is InChI=1S/C12H13N3O3S2/c1-8-5-9-6-10(3-4-11(9)18-8)20(16,17)15(2)12-14-13-7-19-12/h3-4,6-8H,5H2,1-2H3. The summed E-state index contributed by atoms with van der Waals surface area (Å²) in [4.78, 5) is 0.242. The largest absolute Gasteiger partial charge is 0.490 e. The molecule has 20 heavy (non-hydrogen) atoms. The first-order chi connectivity index (χ1) is 9.48. The van der Waals surface area contributed by atoms with Gasteiger partial charge in [-0.1, -0.05) is 11.3 Å². The van der Waals surface area contributed by atoms with Crippen LogP contribution in [0.5, 0.6) is 5.75 Å². The van der Waals surface area contributed by atoms with Crippen molar-refractivity contribution in [3.05, 3.63) is 29.3 Å².